The summed E-state index contributed by atoms with van der Waals surface area (Å²) in [6.45, 7) is 5.41. The Labute approximate surface area is 165 Å². The summed E-state index contributed by atoms with van der Waals surface area (Å²) in [5.41, 5.74) is 1.51. The highest BCUT2D eigenvalue weighted by Crippen LogP contribution is 2.36. The minimum Gasteiger partial charge on any atom is -0.465 e. The predicted molar refractivity (Wildman–Crippen MR) is 105 cm³/mol. The van der Waals surface area contributed by atoms with Gasteiger partial charge in [-0.2, -0.15) is 0 Å². The molecule has 0 radical (unpaired) electrons. The number of ether oxygens (including phenoxy) is 1. The fourth-order valence-corrected chi connectivity index (χ4v) is 3.04. The minimum absolute atomic E-state index is 0.150. The zero-order chi connectivity index (χ0) is 21.3. The summed E-state index contributed by atoms with van der Waals surface area (Å²) >= 11 is 0. The maximum absolute atomic E-state index is 13.1. The van der Waals surface area contributed by atoms with Gasteiger partial charge in [-0.05, 0) is 42.3 Å². The Balaban J connectivity index is 2.04. The first-order valence-electron chi connectivity index (χ1n) is 8.48. The molecule has 0 atom stereocenters. The van der Waals surface area contributed by atoms with E-state index in [1.165, 1.54) is 43.5 Å². The molecule has 1 aliphatic rings. The van der Waals surface area contributed by atoms with Gasteiger partial charge < -0.3 is 4.74 Å². The molecule has 0 spiro atoms. The Morgan fingerprint density at radius 3 is 2.10 bits per heavy atom. The molecule has 0 unspecified atom stereocenters. The molecule has 3 rings (SSSR count). The summed E-state index contributed by atoms with van der Waals surface area (Å²) in [5.74, 6) is -1.66. The van der Waals surface area contributed by atoms with Gasteiger partial charge >= 0.3 is 5.97 Å². The van der Waals surface area contributed by atoms with Crippen LogP contribution in [0.5, 0.6) is 0 Å². The van der Waals surface area contributed by atoms with E-state index in [-0.39, 0.29) is 22.5 Å². The van der Waals surface area contributed by atoms with Crippen molar-refractivity contribution in [2.24, 2.45) is 0 Å². The molecule has 8 nitrogen and oxygen atoms in total. The number of esters is 1. The van der Waals surface area contributed by atoms with Gasteiger partial charge in [-0.3, -0.25) is 19.7 Å². The maximum Gasteiger partial charge on any atom is 0.337 e. The van der Waals surface area contributed by atoms with Crippen LogP contribution in [0.4, 0.5) is 11.4 Å². The number of imide groups is 1. The number of non-ortho nitro benzene ring substituents is 1. The number of nitrogens with zero attached hydrogens (tertiary/aromatic N) is 2. The third-order valence-corrected chi connectivity index (χ3v) is 4.42. The lowest BCUT2D eigenvalue weighted by Gasteiger charge is -2.15. The summed E-state index contributed by atoms with van der Waals surface area (Å²) < 4.78 is 4.66. The first-order valence-corrected chi connectivity index (χ1v) is 8.48. The summed E-state index contributed by atoms with van der Waals surface area (Å²) in [6, 6.07) is 11.2. The Hall–Kier alpha value is -4.07. The third-order valence-electron chi connectivity index (χ3n) is 4.42. The van der Waals surface area contributed by atoms with Crippen molar-refractivity contribution in [3.63, 3.8) is 0 Å². The topological polar surface area (TPSA) is 107 Å². The second-order valence-electron chi connectivity index (χ2n) is 6.32. The van der Waals surface area contributed by atoms with Gasteiger partial charge in [0.05, 0.1) is 34.4 Å². The van der Waals surface area contributed by atoms with Crippen LogP contribution in [0.1, 0.15) is 22.8 Å². The van der Waals surface area contributed by atoms with E-state index in [0.717, 1.165) is 4.90 Å². The number of carbonyl (C=O) groups is 3. The molecule has 0 aromatic heterocycles. The molecule has 146 valence electrons. The normalized spacial score (nSPS) is 13.7. The highest BCUT2D eigenvalue weighted by atomic mass is 16.6. The van der Waals surface area contributed by atoms with Crippen molar-refractivity contribution < 1.29 is 24.0 Å². The van der Waals surface area contributed by atoms with Crippen molar-refractivity contribution in [2.45, 2.75) is 6.92 Å². The van der Waals surface area contributed by atoms with E-state index in [9.17, 15) is 24.5 Å². The summed E-state index contributed by atoms with van der Waals surface area (Å²) in [4.78, 5) is 48.9. The van der Waals surface area contributed by atoms with E-state index in [1.807, 2.05) is 0 Å². The van der Waals surface area contributed by atoms with E-state index >= 15 is 0 Å². The fraction of sp³-hybridized carbons (Fsp3) is 0.0952. The molecule has 1 aliphatic heterocycles. The van der Waals surface area contributed by atoms with Crippen LogP contribution in [0.25, 0.3) is 5.57 Å². The van der Waals surface area contributed by atoms with Crippen LogP contribution in [0.3, 0.4) is 0 Å². The van der Waals surface area contributed by atoms with Crippen LogP contribution >= 0.6 is 0 Å². The fourth-order valence-electron chi connectivity index (χ4n) is 3.04. The molecule has 0 saturated heterocycles. The van der Waals surface area contributed by atoms with Crippen molar-refractivity contribution in [2.75, 3.05) is 12.0 Å². The van der Waals surface area contributed by atoms with Crippen LogP contribution in [-0.2, 0) is 14.3 Å². The highest BCUT2D eigenvalue weighted by molar-refractivity contribution is 6.46. The van der Waals surface area contributed by atoms with E-state index in [0.29, 0.717) is 16.7 Å². The summed E-state index contributed by atoms with van der Waals surface area (Å²) in [7, 11) is 1.26. The molecule has 8 heteroatoms. The standard InChI is InChI=1S/C21H16N2O6/c1-12(2)17-18(13-4-6-14(7-5-13)21(26)29-3)20(25)22(19(17)24)15-8-10-16(11-9-15)23(27)28/h4-11H,1H2,2-3H3. The number of rotatable bonds is 5. The molecule has 0 bridgehead atoms. The molecule has 2 amide bonds. The van der Waals surface area contributed by atoms with Gasteiger partial charge in [0.1, 0.15) is 0 Å². The number of nitro groups is 1. The van der Waals surface area contributed by atoms with E-state index < -0.39 is 22.7 Å². The third kappa shape index (κ3) is 3.43. The first kappa shape index (κ1) is 19.7. The Morgan fingerprint density at radius 2 is 1.62 bits per heavy atom. The highest BCUT2D eigenvalue weighted by Gasteiger charge is 2.40. The van der Waals surface area contributed by atoms with E-state index in [4.69, 9.17) is 0 Å². The number of amides is 2. The molecule has 2 aromatic rings. The van der Waals surface area contributed by atoms with Crippen LogP contribution in [0, 0.1) is 10.1 Å². The van der Waals surface area contributed by atoms with Gasteiger partial charge in [0.15, 0.2) is 0 Å². The molecular weight excluding hydrogens is 376 g/mol. The van der Waals surface area contributed by atoms with Gasteiger partial charge in [0.25, 0.3) is 17.5 Å². The number of hydrogen-bond acceptors (Lipinski definition) is 6. The van der Waals surface area contributed by atoms with Gasteiger partial charge in [0.2, 0.25) is 0 Å². The SMILES string of the molecule is C=C(C)C1=C(c2ccc(C(=O)OC)cc2)C(=O)N(c2ccc([N+](=O)[O-])cc2)C1=O. The monoisotopic (exact) mass is 392 g/mol. The molecule has 0 N–H and O–H groups in total. The molecule has 29 heavy (non-hydrogen) atoms. The number of anilines is 1. The molecule has 0 fully saturated rings. The van der Waals surface area contributed by atoms with E-state index in [2.05, 4.69) is 11.3 Å². The zero-order valence-electron chi connectivity index (χ0n) is 15.7. The van der Waals surface area contributed by atoms with Crippen LogP contribution in [0.2, 0.25) is 0 Å². The lowest BCUT2D eigenvalue weighted by molar-refractivity contribution is -0.384. The predicted octanol–water partition coefficient (Wildman–Crippen LogP) is 3.28. The number of hydrogen-bond donors (Lipinski definition) is 0. The van der Waals surface area contributed by atoms with Crippen LogP contribution < -0.4 is 4.90 Å². The summed E-state index contributed by atoms with van der Waals surface area (Å²) in [5, 5.41) is 10.8. The first-order chi connectivity index (χ1) is 13.8. The Morgan fingerprint density at radius 1 is 1.03 bits per heavy atom. The van der Waals surface area contributed by atoms with Gasteiger partial charge in [-0.1, -0.05) is 18.7 Å². The average Bonchev–Trinajstić information content (AvgIpc) is 2.98. The second kappa shape index (κ2) is 7.51. The second-order valence-corrected chi connectivity index (χ2v) is 6.32. The van der Waals surface area contributed by atoms with Crippen LogP contribution in [-0.4, -0.2) is 29.8 Å². The Bertz CT molecular complexity index is 1080. The van der Waals surface area contributed by atoms with Gasteiger partial charge in [-0.15, -0.1) is 0 Å². The minimum atomic E-state index is -0.576. The van der Waals surface area contributed by atoms with Crippen molar-refractivity contribution in [3.05, 3.63) is 87.5 Å². The molecular formula is C21H16N2O6. The number of carbonyl (C=O) groups excluding carboxylic acids is 3. The largest absolute Gasteiger partial charge is 0.465 e. The van der Waals surface area contributed by atoms with E-state index in [1.54, 1.807) is 19.1 Å². The molecule has 0 aliphatic carbocycles. The molecule has 2 aromatic carbocycles. The van der Waals surface area contributed by atoms with Gasteiger partial charge in [0, 0.05) is 12.1 Å². The quantitative estimate of drug-likeness (QED) is 0.334. The van der Waals surface area contributed by atoms with Crippen molar-refractivity contribution in [1.29, 1.82) is 0 Å². The lowest BCUT2D eigenvalue weighted by Crippen LogP contribution is -2.31. The average molecular weight is 392 g/mol. The lowest BCUT2D eigenvalue weighted by atomic mass is 9.97. The number of methoxy groups -OCH3 is 1. The molecule has 1 heterocycles. The molecule has 0 saturated carbocycles. The van der Waals surface area contributed by atoms with Gasteiger partial charge in [-0.25, -0.2) is 9.69 Å². The zero-order valence-corrected chi connectivity index (χ0v) is 15.7. The summed E-state index contributed by atoms with van der Waals surface area (Å²) in [6.07, 6.45) is 0. The number of nitro benzene ring substituents is 1. The van der Waals surface area contributed by atoms with Crippen molar-refractivity contribution >= 4 is 34.7 Å². The number of benzene rings is 2. The Kier molecular flexibility index (Phi) is 5.10. The van der Waals surface area contributed by atoms with Crippen LogP contribution in [0.15, 0.2) is 66.3 Å². The van der Waals surface area contributed by atoms with Crippen molar-refractivity contribution in [3.8, 4) is 0 Å². The maximum atomic E-state index is 13.1. The van der Waals surface area contributed by atoms with Crippen molar-refractivity contribution in [1.82, 2.24) is 0 Å². The smallest absolute Gasteiger partial charge is 0.337 e.